The summed E-state index contributed by atoms with van der Waals surface area (Å²) in [5.74, 6) is 1.28. The molecule has 0 fully saturated rings. The summed E-state index contributed by atoms with van der Waals surface area (Å²) in [4.78, 5) is 2.37. The van der Waals surface area contributed by atoms with Crippen LogP contribution in [0.4, 0.5) is 5.69 Å². The molecule has 1 aliphatic rings. The van der Waals surface area contributed by atoms with Gasteiger partial charge in [0, 0.05) is 25.8 Å². The van der Waals surface area contributed by atoms with Crippen LogP contribution in [0.2, 0.25) is 0 Å². The zero-order valence-electron chi connectivity index (χ0n) is 12.2. The number of nitrogens with zero attached hydrogens (tertiary/aromatic N) is 1. The summed E-state index contributed by atoms with van der Waals surface area (Å²) >= 11 is 1.94. The van der Waals surface area contributed by atoms with Crippen LogP contribution in [0, 0.1) is 0 Å². The van der Waals surface area contributed by atoms with E-state index >= 15 is 0 Å². The molecule has 19 heavy (non-hydrogen) atoms. The van der Waals surface area contributed by atoms with E-state index in [1.54, 1.807) is 0 Å². The van der Waals surface area contributed by atoms with Crippen molar-refractivity contribution < 1.29 is 0 Å². The Balaban J connectivity index is 1.78. The summed E-state index contributed by atoms with van der Waals surface area (Å²) in [6.07, 6.45) is 7.31. The third kappa shape index (κ3) is 4.43. The van der Waals surface area contributed by atoms with Crippen LogP contribution < -0.4 is 10.2 Å². The fraction of sp³-hybridized carbons (Fsp3) is 0.625. The van der Waals surface area contributed by atoms with E-state index in [2.05, 4.69) is 41.7 Å². The molecule has 1 heterocycles. The Morgan fingerprint density at radius 3 is 3.05 bits per heavy atom. The van der Waals surface area contributed by atoms with Gasteiger partial charge in [-0.25, -0.2) is 0 Å². The van der Waals surface area contributed by atoms with E-state index in [1.165, 1.54) is 54.8 Å². The number of unbranched alkanes of at least 4 members (excludes halogenated alkanes) is 1. The number of nitrogens with one attached hydrogen (secondary N) is 1. The van der Waals surface area contributed by atoms with E-state index < -0.39 is 0 Å². The van der Waals surface area contributed by atoms with E-state index in [-0.39, 0.29) is 0 Å². The Kier molecular flexibility index (Phi) is 6.05. The largest absolute Gasteiger partial charge is 0.374 e. The van der Waals surface area contributed by atoms with Gasteiger partial charge in [-0.1, -0.05) is 12.1 Å². The monoisotopic (exact) mass is 278 g/mol. The molecule has 0 bridgehead atoms. The molecule has 2 nitrogen and oxygen atoms in total. The molecule has 0 radical (unpaired) electrons. The van der Waals surface area contributed by atoms with Gasteiger partial charge >= 0.3 is 0 Å². The van der Waals surface area contributed by atoms with Crippen LogP contribution in [-0.2, 0) is 13.0 Å². The number of hydrogen-bond donors (Lipinski definition) is 1. The second-order valence-electron chi connectivity index (χ2n) is 5.36. The van der Waals surface area contributed by atoms with Crippen molar-refractivity contribution in [3.05, 3.63) is 29.3 Å². The van der Waals surface area contributed by atoms with Crippen molar-refractivity contribution in [2.24, 2.45) is 0 Å². The maximum absolute atomic E-state index is 3.56. The van der Waals surface area contributed by atoms with E-state index in [1.807, 2.05) is 11.8 Å². The Morgan fingerprint density at radius 1 is 1.32 bits per heavy atom. The van der Waals surface area contributed by atoms with Gasteiger partial charge in [0.25, 0.3) is 0 Å². The molecule has 0 saturated heterocycles. The number of rotatable bonds is 7. The van der Waals surface area contributed by atoms with Crippen molar-refractivity contribution in [2.75, 3.05) is 37.0 Å². The number of hydrogen-bond acceptors (Lipinski definition) is 3. The second kappa shape index (κ2) is 7.81. The number of benzene rings is 1. The number of aryl methyl sites for hydroxylation is 1. The molecule has 3 heteroatoms. The third-order valence-electron chi connectivity index (χ3n) is 3.78. The lowest BCUT2D eigenvalue weighted by Crippen LogP contribution is -2.25. The minimum absolute atomic E-state index is 1.01. The summed E-state index contributed by atoms with van der Waals surface area (Å²) < 4.78 is 0. The molecule has 0 spiro atoms. The lowest BCUT2D eigenvalue weighted by atomic mass is 9.99. The van der Waals surface area contributed by atoms with Crippen LogP contribution in [-0.4, -0.2) is 32.1 Å². The van der Waals surface area contributed by atoms with Gasteiger partial charge in [0.05, 0.1) is 0 Å². The smallest absolute Gasteiger partial charge is 0.0396 e. The molecular weight excluding hydrogens is 252 g/mol. The molecule has 0 atom stereocenters. The fourth-order valence-electron chi connectivity index (χ4n) is 2.68. The SMILES string of the molecule is CSCCCCNCc1ccc2c(c1)CCCN2C. The lowest BCUT2D eigenvalue weighted by molar-refractivity contribution is 0.642. The molecule has 0 unspecified atom stereocenters. The van der Waals surface area contributed by atoms with Gasteiger partial charge in [-0.05, 0) is 61.4 Å². The normalized spacial score (nSPS) is 14.5. The summed E-state index contributed by atoms with van der Waals surface area (Å²) in [6, 6.07) is 6.95. The lowest BCUT2D eigenvalue weighted by Gasteiger charge is -2.27. The first-order valence-electron chi connectivity index (χ1n) is 7.34. The molecule has 2 rings (SSSR count). The fourth-order valence-corrected chi connectivity index (χ4v) is 3.17. The minimum Gasteiger partial charge on any atom is -0.374 e. The zero-order valence-corrected chi connectivity index (χ0v) is 13.1. The van der Waals surface area contributed by atoms with Gasteiger partial charge < -0.3 is 10.2 Å². The van der Waals surface area contributed by atoms with Crippen LogP contribution in [0.15, 0.2) is 18.2 Å². The molecule has 1 aromatic carbocycles. The Bertz CT molecular complexity index is 392. The van der Waals surface area contributed by atoms with Gasteiger partial charge in [-0.3, -0.25) is 0 Å². The molecule has 1 aliphatic heterocycles. The average molecular weight is 278 g/mol. The summed E-state index contributed by atoms with van der Waals surface area (Å²) in [5.41, 5.74) is 4.38. The molecule has 1 aromatic rings. The zero-order chi connectivity index (χ0) is 13.5. The summed E-state index contributed by atoms with van der Waals surface area (Å²) in [6.45, 7) is 3.34. The quantitative estimate of drug-likeness (QED) is 0.770. The standard InChI is InChI=1S/C16H26N2S/c1-18-10-5-6-15-12-14(7-8-16(15)18)13-17-9-3-4-11-19-2/h7-8,12,17H,3-6,9-11,13H2,1-2H3. The van der Waals surface area contributed by atoms with Crippen LogP contribution in [0.1, 0.15) is 30.4 Å². The Labute approximate surface area is 122 Å². The van der Waals surface area contributed by atoms with Gasteiger partial charge in [0.1, 0.15) is 0 Å². The molecular formula is C16H26N2S. The molecule has 0 aromatic heterocycles. The second-order valence-corrected chi connectivity index (χ2v) is 6.35. The number of anilines is 1. The van der Waals surface area contributed by atoms with E-state index in [9.17, 15) is 0 Å². The summed E-state index contributed by atoms with van der Waals surface area (Å²) in [5, 5.41) is 3.56. The van der Waals surface area contributed by atoms with Crippen molar-refractivity contribution in [1.82, 2.24) is 5.32 Å². The first kappa shape index (κ1) is 14.7. The van der Waals surface area contributed by atoms with Crippen molar-refractivity contribution in [1.29, 1.82) is 0 Å². The summed E-state index contributed by atoms with van der Waals surface area (Å²) in [7, 11) is 2.20. The van der Waals surface area contributed by atoms with E-state index in [0.717, 1.165) is 13.1 Å². The Hall–Kier alpha value is -0.670. The van der Waals surface area contributed by atoms with Crippen molar-refractivity contribution in [3.63, 3.8) is 0 Å². The molecule has 106 valence electrons. The van der Waals surface area contributed by atoms with Crippen LogP contribution in [0.3, 0.4) is 0 Å². The Morgan fingerprint density at radius 2 is 2.21 bits per heavy atom. The maximum Gasteiger partial charge on any atom is 0.0396 e. The van der Waals surface area contributed by atoms with Gasteiger partial charge in [0.15, 0.2) is 0 Å². The van der Waals surface area contributed by atoms with Crippen LogP contribution in [0.5, 0.6) is 0 Å². The highest BCUT2D eigenvalue weighted by Gasteiger charge is 2.13. The van der Waals surface area contributed by atoms with Crippen LogP contribution >= 0.6 is 11.8 Å². The molecule has 1 N–H and O–H groups in total. The van der Waals surface area contributed by atoms with Crippen molar-refractivity contribution in [3.8, 4) is 0 Å². The highest BCUT2D eigenvalue weighted by atomic mass is 32.2. The molecule has 0 amide bonds. The highest BCUT2D eigenvalue weighted by molar-refractivity contribution is 7.98. The van der Waals surface area contributed by atoms with Gasteiger partial charge in [-0.15, -0.1) is 0 Å². The minimum atomic E-state index is 1.01. The molecule has 0 saturated carbocycles. The van der Waals surface area contributed by atoms with Crippen LogP contribution in [0.25, 0.3) is 0 Å². The van der Waals surface area contributed by atoms with Crippen molar-refractivity contribution in [2.45, 2.75) is 32.2 Å². The number of fused-ring (bicyclic) bond motifs is 1. The first-order valence-corrected chi connectivity index (χ1v) is 8.73. The predicted octanol–water partition coefficient (Wildman–Crippen LogP) is 3.30. The van der Waals surface area contributed by atoms with Gasteiger partial charge in [-0.2, -0.15) is 11.8 Å². The molecule has 0 aliphatic carbocycles. The van der Waals surface area contributed by atoms with Crippen molar-refractivity contribution >= 4 is 17.4 Å². The van der Waals surface area contributed by atoms with Gasteiger partial charge in [0.2, 0.25) is 0 Å². The maximum atomic E-state index is 3.56. The third-order valence-corrected chi connectivity index (χ3v) is 4.47. The average Bonchev–Trinajstić information content (AvgIpc) is 2.43. The topological polar surface area (TPSA) is 15.3 Å². The highest BCUT2D eigenvalue weighted by Crippen LogP contribution is 2.26. The van der Waals surface area contributed by atoms with E-state index in [4.69, 9.17) is 0 Å². The number of thioether (sulfide) groups is 1. The van der Waals surface area contributed by atoms with E-state index in [0.29, 0.717) is 0 Å². The predicted molar refractivity (Wildman–Crippen MR) is 87.4 cm³/mol. The first-order chi connectivity index (χ1) is 9.31.